The standard InChI is InChI=1S/C24H47NO6Si2/c1-9-33(10-2,11-3)31-18-15-23-17-29-21(28)24(23,19(26)20(27)25(23)16-18)13-12-14-30-32(7,8)22(4,5)6/h18-19,21,26,28H,9-17H2,1-8H3/t18-,19-,21?,23+,24-/m1/s1. The third-order valence-corrected chi connectivity index (χ3v) is 18.8. The first kappa shape index (κ1) is 27.3. The van der Waals surface area contributed by atoms with E-state index in [1.807, 2.05) is 0 Å². The van der Waals surface area contributed by atoms with Gasteiger partial charge in [0.2, 0.25) is 0 Å². The fourth-order valence-electron chi connectivity index (χ4n) is 6.13. The van der Waals surface area contributed by atoms with Crippen molar-refractivity contribution in [2.45, 2.75) is 121 Å². The highest BCUT2D eigenvalue weighted by atomic mass is 28.4. The van der Waals surface area contributed by atoms with Crippen LogP contribution in [0.5, 0.6) is 0 Å². The number of hydrogen-bond donors (Lipinski definition) is 2. The fraction of sp³-hybridized carbons (Fsp3) is 0.958. The Balaban J connectivity index is 1.80. The predicted octanol–water partition coefficient (Wildman–Crippen LogP) is 3.86. The summed E-state index contributed by atoms with van der Waals surface area (Å²) in [5, 5.41) is 22.3. The zero-order valence-electron chi connectivity index (χ0n) is 22.1. The number of carbonyl (C=O) groups is 1. The van der Waals surface area contributed by atoms with Crippen LogP contribution < -0.4 is 0 Å². The molecule has 0 radical (unpaired) electrons. The van der Waals surface area contributed by atoms with Crippen LogP contribution in [-0.4, -0.2) is 81.5 Å². The molecule has 5 atom stereocenters. The van der Waals surface area contributed by atoms with Crippen molar-refractivity contribution in [2.75, 3.05) is 19.8 Å². The molecule has 3 saturated heterocycles. The molecular formula is C24H47NO6Si2. The molecule has 3 fully saturated rings. The molecule has 192 valence electrons. The van der Waals surface area contributed by atoms with Gasteiger partial charge in [0.25, 0.3) is 5.91 Å². The summed E-state index contributed by atoms with van der Waals surface area (Å²) in [6.07, 6.45) is -0.727. The number of hydrogen-bond acceptors (Lipinski definition) is 6. The fourth-order valence-corrected chi connectivity index (χ4v) is 10.1. The van der Waals surface area contributed by atoms with Gasteiger partial charge in [0, 0.05) is 19.6 Å². The molecule has 1 spiro atoms. The maximum absolute atomic E-state index is 13.2. The van der Waals surface area contributed by atoms with Crippen LogP contribution in [0.4, 0.5) is 0 Å². The number of ether oxygens (including phenoxy) is 1. The number of aliphatic hydroxyl groups excluding tert-OH is 2. The molecule has 3 heterocycles. The highest BCUT2D eigenvalue weighted by molar-refractivity contribution is 6.74. The molecule has 3 aliphatic heterocycles. The van der Waals surface area contributed by atoms with Crippen molar-refractivity contribution >= 4 is 22.5 Å². The van der Waals surface area contributed by atoms with E-state index in [2.05, 4.69) is 54.6 Å². The molecule has 3 aliphatic rings. The van der Waals surface area contributed by atoms with Gasteiger partial charge in [0.1, 0.15) is 6.10 Å². The summed E-state index contributed by atoms with van der Waals surface area (Å²) in [4.78, 5) is 15.0. The van der Waals surface area contributed by atoms with Gasteiger partial charge < -0.3 is 28.7 Å². The monoisotopic (exact) mass is 501 g/mol. The van der Waals surface area contributed by atoms with Gasteiger partial charge in [0.15, 0.2) is 22.9 Å². The molecule has 0 aliphatic carbocycles. The lowest BCUT2D eigenvalue weighted by Crippen LogP contribution is -2.55. The van der Waals surface area contributed by atoms with Crippen molar-refractivity contribution in [3.63, 3.8) is 0 Å². The Kier molecular flexibility index (Phi) is 7.69. The molecule has 1 amide bonds. The summed E-state index contributed by atoms with van der Waals surface area (Å²) in [5.41, 5.74) is -1.74. The topological polar surface area (TPSA) is 88.5 Å². The van der Waals surface area contributed by atoms with E-state index < -0.39 is 40.0 Å². The highest BCUT2D eigenvalue weighted by Crippen LogP contribution is 2.61. The Morgan fingerprint density at radius 1 is 1.15 bits per heavy atom. The van der Waals surface area contributed by atoms with Crippen LogP contribution in [0.2, 0.25) is 36.3 Å². The molecule has 1 unspecified atom stereocenters. The van der Waals surface area contributed by atoms with Gasteiger partial charge in [-0.2, -0.15) is 0 Å². The molecule has 0 aromatic carbocycles. The van der Waals surface area contributed by atoms with E-state index in [1.54, 1.807) is 4.90 Å². The van der Waals surface area contributed by atoms with Crippen LogP contribution in [0.1, 0.15) is 60.8 Å². The Bertz CT molecular complexity index is 716. The van der Waals surface area contributed by atoms with Gasteiger partial charge in [-0.3, -0.25) is 4.79 Å². The number of amides is 1. The third-order valence-electron chi connectivity index (χ3n) is 9.60. The maximum atomic E-state index is 13.2. The number of aliphatic hydroxyl groups is 2. The summed E-state index contributed by atoms with van der Waals surface area (Å²) in [6, 6.07) is 3.15. The third kappa shape index (κ3) is 4.19. The number of nitrogens with zero attached hydrogens (tertiary/aromatic N) is 1. The van der Waals surface area contributed by atoms with Crippen molar-refractivity contribution in [3.8, 4) is 0 Å². The molecule has 0 aromatic rings. The summed E-state index contributed by atoms with van der Waals surface area (Å²) in [7, 11) is -3.74. The van der Waals surface area contributed by atoms with E-state index in [0.717, 1.165) is 18.1 Å². The second-order valence-corrected chi connectivity index (χ2v) is 21.5. The molecular weight excluding hydrogens is 454 g/mol. The van der Waals surface area contributed by atoms with Gasteiger partial charge in [-0.1, -0.05) is 41.5 Å². The van der Waals surface area contributed by atoms with Crippen molar-refractivity contribution in [1.82, 2.24) is 4.90 Å². The van der Waals surface area contributed by atoms with E-state index in [-0.39, 0.29) is 23.7 Å². The molecule has 0 saturated carbocycles. The Hall–Kier alpha value is -0.296. The summed E-state index contributed by atoms with van der Waals surface area (Å²) in [6.45, 7) is 19.0. The largest absolute Gasteiger partial charge is 0.417 e. The van der Waals surface area contributed by atoms with Gasteiger partial charge in [-0.25, -0.2) is 0 Å². The number of carbonyl (C=O) groups excluding carboxylic acids is 1. The lowest BCUT2D eigenvalue weighted by Gasteiger charge is -2.41. The first-order valence-electron chi connectivity index (χ1n) is 12.9. The van der Waals surface area contributed by atoms with Crippen LogP contribution in [-0.2, 0) is 18.4 Å². The first-order chi connectivity index (χ1) is 15.3. The minimum absolute atomic E-state index is 0.0651. The Morgan fingerprint density at radius 3 is 2.30 bits per heavy atom. The highest BCUT2D eigenvalue weighted by Gasteiger charge is 2.76. The molecule has 0 aromatic heterocycles. The molecule has 3 rings (SSSR count). The second-order valence-electron chi connectivity index (χ2n) is 12.0. The average molecular weight is 502 g/mol. The van der Waals surface area contributed by atoms with Crippen molar-refractivity contribution < 1.29 is 28.6 Å². The smallest absolute Gasteiger partial charge is 0.252 e. The van der Waals surface area contributed by atoms with E-state index in [1.165, 1.54) is 0 Å². The van der Waals surface area contributed by atoms with E-state index in [4.69, 9.17) is 13.6 Å². The van der Waals surface area contributed by atoms with Crippen molar-refractivity contribution in [2.24, 2.45) is 5.41 Å². The van der Waals surface area contributed by atoms with E-state index in [9.17, 15) is 15.0 Å². The summed E-state index contributed by atoms with van der Waals surface area (Å²) in [5.74, 6) is -0.287. The maximum Gasteiger partial charge on any atom is 0.252 e. The van der Waals surface area contributed by atoms with E-state index in [0.29, 0.717) is 32.4 Å². The minimum atomic E-state index is -1.89. The number of rotatable bonds is 10. The van der Waals surface area contributed by atoms with Gasteiger partial charge >= 0.3 is 0 Å². The van der Waals surface area contributed by atoms with Gasteiger partial charge in [-0.15, -0.1) is 0 Å². The summed E-state index contributed by atoms with van der Waals surface area (Å²) < 4.78 is 18.9. The molecule has 7 nitrogen and oxygen atoms in total. The normalized spacial score (nSPS) is 34.8. The average Bonchev–Trinajstić information content (AvgIpc) is 3.31. The first-order valence-corrected chi connectivity index (χ1v) is 18.3. The molecule has 0 bridgehead atoms. The Labute approximate surface area is 202 Å². The van der Waals surface area contributed by atoms with Gasteiger partial charge in [-0.05, 0) is 49.1 Å². The Morgan fingerprint density at radius 2 is 1.76 bits per heavy atom. The lowest BCUT2D eigenvalue weighted by molar-refractivity contribution is -0.165. The van der Waals surface area contributed by atoms with Crippen LogP contribution >= 0.6 is 0 Å². The zero-order valence-corrected chi connectivity index (χ0v) is 24.1. The van der Waals surface area contributed by atoms with Crippen LogP contribution in [0, 0.1) is 5.41 Å². The van der Waals surface area contributed by atoms with Crippen molar-refractivity contribution in [1.29, 1.82) is 0 Å². The van der Waals surface area contributed by atoms with Crippen LogP contribution in [0.25, 0.3) is 0 Å². The van der Waals surface area contributed by atoms with Gasteiger partial charge in [0.05, 0.1) is 23.7 Å². The SMILES string of the molecule is CC[Si](CC)(CC)O[C@H]1CN2C(=O)[C@@H](O)[C@]3(CCCO[Si](C)(C)C(C)(C)C)C(O)OC[C@]23C1. The predicted molar refractivity (Wildman–Crippen MR) is 134 cm³/mol. The lowest BCUT2D eigenvalue weighted by atomic mass is 9.66. The zero-order chi connectivity index (χ0) is 24.9. The minimum Gasteiger partial charge on any atom is -0.417 e. The van der Waals surface area contributed by atoms with E-state index >= 15 is 0 Å². The van der Waals surface area contributed by atoms with Crippen molar-refractivity contribution in [3.05, 3.63) is 0 Å². The summed E-state index contributed by atoms with van der Waals surface area (Å²) >= 11 is 0. The molecule has 33 heavy (non-hydrogen) atoms. The molecule has 9 heteroatoms. The van der Waals surface area contributed by atoms with Crippen LogP contribution in [0.15, 0.2) is 0 Å². The molecule has 2 N–H and O–H groups in total. The quantitative estimate of drug-likeness (QED) is 0.349. The second kappa shape index (κ2) is 9.30. The van der Waals surface area contributed by atoms with Crippen LogP contribution in [0.3, 0.4) is 0 Å².